The molecule has 24 heavy (non-hydrogen) atoms. The molecule has 0 spiro atoms. The van der Waals surface area contributed by atoms with Crippen LogP contribution in [0.1, 0.15) is 30.7 Å². The first kappa shape index (κ1) is 16.2. The maximum absolute atomic E-state index is 11.9. The minimum absolute atomic E-state index is 0.129. The SMILES string of the molecule is O=C(CCCCc1ccccc1)NCCc1ncc2ccccn12. The molecule has 0 saturated carbocycles. The van der Waals surface area contributed by atoms with Crippen LogP contribution in [0.25, 0.3) is 5.52 Å². The van der Waals surface area contributed by atoms with Crippen LogP contribution in [0.15, 0.2) is 60.9 Å². The highest BCUT2D eigenvalue weighted by Crippen LogP contribution is 2.07. The van der Waals surface area contributed by atoms with E-state index in [-0.39, 0.29) is 5.91 Å². The Labute approximate surface area is 142 Å². The molecule has 124 valence electrons. The number of pyridine rings is 1. The van der Waals surface area contributed by atoms with Gasteiger partial charge in [0.05, 0.1) is 11.7 Å². The summed E-state index contributed by atoms with van der Waals surface area (Å²) < 4.78 is 2.06. The van der Waals surface area contributed by atoms with Gasteiger partial charge in [-0.15, -0.1) is 0 Å². The molecule has 0 unspecified atom stereocenters. The van der Waals surface area contributed by atoms with Gasteiger partial charge in [-0.3, -0.25) is 4.79 Å². The molecular formula is C20H23N3O. The molecule has 3 aromatic rings. The number of benzene rings is 1. The molecule has 0 atom stereocenters. The van der Waals surface area contributed by atoms with Gasteiger partial charge in [0.15, 0.2) is 0 Å². The number of unbranched alkanes of at least 4 members (excludes halogenated alkanes) is 1. The Morgan fingerprint density at radius 1 is 1.00 bits per heavy atom. The fraction of sp³-hybridized carbons (Fsp3) is 0.300. The van der Waals surface area contributed by atoms with Crippen molar-refractivity contribution in [1.82, 2.24) is 14.7 Å². The van der Waals surface area contributed by atoms with Crippen LogP contribution in [0, 0.1) is 0 Å². The van der Waals surface area contributed by atoms with Crippen molar-refractivity contribution in [3.8, 4) is 0 Å². The van der Waals surface area contributed by atoms with Crippen LogP contribution in [-0.2, 0) is 17.6 Å². The van der Waals surface area contributed by atoms with Crippen molar-refractivity contribution in [2.45, 2.75) is 32.1 Å². The fourth-order valence-corrected chi connectivity index (χ4v) is 2.85. The third-order valence-electron chi connectivity index (χ3n) is 4.15. The van der Waals surface area contributed by atoms with Crippen LogP contribution in [0.5, 0.6) is 0 Å². The van der Waals surface area contributed by atoms with E-state index in [4.69, 9.17) is 0 Å². The molecule has 2 heterocycles. The van der Waals surface area contributed by atoms with Crippen molar-refractivity contribution < 1.29 is 4.79 Å². The van der Waals surface area contributed by atoms with Gasteiger partial charge in [0.25, 0.3) is 0 Å². The molecule has 1 aromatic carbocycles. The van der Waals surface area contributed by atoms with Crippen LogP contribution >= 0.6 is 0 Å². The van der Waals surface area contributed by atoms with Gasteiger partial charge in [-0.05, 0) is 37.0 Å². The molecule has 2 aromatic heterocycles. The first-order valence-corrected chi connectivity index (χ1v) is 8.54. The molecule has 0 saturated heterocycles. The van der Waals surface area contributed by atoms with Crippen molar-refractivity contribution in [3.63, 3.8) is 0 Å². The second kappa shape index (κ2) is 8.29. The summed E-state index contributed by atoms with van der Waals surface area (Å²) in [5, 5.41) is 2.99. The third kappa shape index (κ3) is 4.44. The van der Waals surface area contributed by atoms with E-state index in [1.165, 1.54) is 5.56 Å². The summed E-state index contributed by atoms with van der Waals surface area (Å²) in [5.41, 5.74) is 2.42. The Morgan fingerprint density at radius 2 is 1.83 bits per heavy atom. The summed E-state index contributed by atoms with van der Waals surface area (Å²) >= 11 is 0. The summed E-state index contributed by atoms with van der Waals surface area (Å²) in [7, 11) is 0. The van der Waals surface area contributed by atoms with Crippen molar-refractivity contribution in [1.29, 1.82) is 0 Å². The predicted molar refractivity (Wildman–Crippen MR) is 95.9 cm³/mol. The highest BCUT2D eigenvalue weighted by atomic mass is 16.1. The molecule has 4 heteroatoms. The van der Waals surface area contributed by atoms with E-state index in [2.05, 4.69) is 39.0 Å². The zero-order chi connectivity index (χ0) is 16.6. The first-order valence-electron chi connectivity index (χ1n) is 8.54. The van der Waals surface area contributed by atoms with E-state index in [0.717, 1.165) is 37.0 Å². The van der Waals surface area contributed by atoms with Crippen molar-refractivity contribution in [3.05, 3.63) is 72.3 Å². The average molecular weight is 321 g/mol. The quantitative estimate of drug-likeness (QED) is 0.646. The number of hydrogen-bond acceptors (Lipinski definition) is 2. The molecule has 0 aliphatic heterocycles. The minimum atomic E-state index is 0.129. The Hall–Kier alpha value is -2.62. The number of aromatic nitrogens is 2. The Balaban J connectivity index is 1.34. The number of hydrogen-bond donors (Lipinski definition) is 1. The maximum Gasteiger partial charge on any atom is 0.220 e. The van der Waals surface area contributed by atoms with Crippen LogP contribution in [0.2, 0.25) is 0 Å². The van der Waals surface area contributed by atoms with Crippen LogP contribution in [0.4, 0.5) is 0 Å². The van der Waals surface area contributed by atoms with E-state index in [0.29, 0.717) is 13.0 Å². The van der Waals surface area contributed by atoms with Crippen molar-refractivity contribution in [2.24, 2.45) is 0 Å². The molecule has 0 fully saturated rings. The molecule has 0 radical (unpaired) electrons. The summed E-state index contributed by atoms with van der Waals surface area (Å²) in [6, 6.07) is 16.4. The second-order valence-corrected chi connectivity index (χ2v) is 5.96. The predicted octanol–water partition coefficient (Wildman–Crippen LogP) is 3.41. The highest BCUT2D eigenvalue weighted by Gasteiger charge is 2.05. The summed E-state index contributed by atoms with van der Waals surface area (Å²) in [5.74, 6) is 1.11. The van der Waals surface area contributed by atoms with Crippen LogP contribution < -0.4 is 5.32 Å². The molecule has 0 aliphatic rings. The Morgan fingerprint density at radius 3 is 2.71 bits per heavy atom. The van der Waals surface area contributed by atoms with E-state index in [1.807, 2.05) is 36.7 Å². The lowest BCUT2D eigenvalue weighted by Gasteiger charge is -2.05. The largest absolute Gasteiger partial charge is 0.356 e. The van der Waals surface area contributed by atoms with Crippen molar-refractivity contribution in [2.75, 3.05) is 6.54 Å². The minimum Gasteiger partial charge on any atom is -0.356 e. The van der Waals surface area contributed by atoms with Gasteiger partial charge in [0, 0.05) is 25.6 Å². The maximum atomic E-state index is 11.9. The number of carbonyl (C=O) groups excluding carboxylic acids is 1. The highest BCUT2D eigenvalue weighted by molar-refractivity contribution is 5.75. The number of amides is 1. The van der Waals surface area contributed by atoms with Crippen LogP contribution in [0.3, 0.4) is 0 Å². The van der Waals surface area contributed by atoms with E-state index in [1.54, 1.807) is 0 Å². The molecule has 3 rings (SSSR count). The molecule has 0 aliphatic carbocycles. The van der Waals surface area contributed by atoms with E-state index >= 15 is 0 Å². The number of aryl methyl sites for hydroxylation is 1. The van der Waals surface area contributed by atoms with Gasteiger partial charge in [0.2, 0.25) is 5.91 Å². The zero-order valence-electron chi connectivity index (χ0n) is 13.8. The van der Waals surface area contributed by atoms with Crippen LogP contribution in [-0.4, -0.2) is 21.8 Å². The standard InChI is InChI=1S/C20H23N3O/c24-20(12-5-4-10-17-8-2-1-3-9-17)21-14-13-19-22-16-18-11-6-7-15-23(18)19/h1-3,6-9,11,15-16H,4-5,10,12-14H2,(H,21,24). The zero-order valence-corrected chi connectivity index (χ0v) is 13.8. The van der Waals surface area contributed by atoms with Crippen molar-refractivity contribution >= 4 is 11.4 Å². The smallest absolute Gasteiger partial charge is 0.220 e. The monoisotopic (exact) mass is 321 g/mol. The normalized spacial score (nSPS) is 10.8. The summed E-state index contributed by atoms with van der Waals surface area (Å²) in [4.78, 5) is 16.3. The Bertz CT molecular complexity index is 780. The third-order valence-corrected chi connectivity index (χ3v) is 4.15. The molecule has 1 N–H and O–H groups in total. The lowest BCUT2D eigenvalue weighted by atomic mass is 10.1. The number of rotatable bonds is 8. The van der Waals surface area contributed by atoms with E-state index in [9.17, 15) is 4.79 Å². The number of carbonyl (C=O) groups is 1. The molecule has 4 nitrogen and oxygen atoms in total. The lowest BCUT2D eigenvalue weighted by Crippen LogP contribution is -2.25. The first-order chi connectivity index (χ1) is 11.8. The van der Waals surface area contributed by atoms with Gasteiger partial charge in [-0.2, -0.15) is 0 Å². The Kier molecular flexibility index (Phi) is 5.61. The fourth-order valence-electron chi connectivity index (χ4n) is 2.85. The second-order valence-electron chi connectivity index (χ2n) is 5.96. The topological polar surface area (TPSA) is 46.4 Å². The summed E-state index contributed by atoms with van der Waals surface area (Å²) in [6.45, 7) is 0.630. The molecule has 0 bridgehead atoms. The number of nitrogens with one attached hydrogen (secondary N) is 1. The van der Waals surface area contributed by atoms with Gasteiger partial charge in [-0.1, -0.05) is 36.4 Å². The van der Waals surface area contributed by atoms with E-state index < -0.39 is 0 Å². The van der Waals surface area contributed by atoms with Gasteiger partial charge >= 0.3 is 0 Å². The number of fused-ring (bicyclic) bond motifs is 1. The lowest BCUT2D eigenvalue weighted by molar-refractivity contribution is -0.121. The number of imidazole rings is 1. The van der Waals surface area contributed by atoms with Gasteiger partial charge < -0.3 is 9.72 Å². The van der Waals surface area contributed by atoms with Gasteiger partial charge in [0.1, 0.15) is 5.82 Å². The molecular weight excluding hydrogens is 298 g/mol. The average Bonchev–Trinajstić information content (AvgIpc) is 3.03. The number of nitrogens with zero attached hydrogens (tertiary/aromatic N) is 2. The van der Waals surface area contributed by atoms with Gasteiger partial charge in [-0.25, -0.2) is 4.98 Å². The molecule has 1 amide bonds. The summed E-state index contributed by atoms with van der Waals surface area (Å²) in [6.07, 6.45) is 8.20.